The first-order chi connectivity index (χ1) is 16.1. The van der Waals surface area contributed by atoms with Crippen molar-refractivity contribution in [3.63, 3.8) is 0 Å². The third-order valence-corrected chi connectivity index (χ3v) is 4.97. The van der Waals surface area contributed by atoms with Crippen LogP contribution < -0.4 is 20.1 Å². The molecular weight excluding hydrogens is 422 g/mol. The van der Waals surface area contributed by atoms with E-state index < -0.39 is 5.97 Å². The van der Waals surface area contributed by atoms with Gasteiger partial charge in [-0.25, -0.2) is 9.78 Å². The molecule has 2 aromatic heterocycles. The van der Waals surface area contributed by atoms with E-state index in [0.717, 1.165) is 17.0 Å². The van der Waals surface area contributed by atoms with Crippen LogP contribution in [0.3, 0.4) is 0 Å². The second kappa shape index (κ2) is 9.90. The lowest BCUT2D eigenvalue weighted by molar-refractivity contribution is 0.0528. The lowest BCUT2D eigenvalue weighted by Gasteiger charge is -2.14. The number of methoxy groups -OCH3 is 2. The molecular formula is C24H25N5O4. The van der Waals surface area contributed by atoms with E-state index in [2.05, 4.69) is 20.7 Å². The fourth-order valence-corrected chi connectivity index (χ4v) is 3.33. The molecule has 0 amide bonds. The zero-order valence-corrected chi connectivity index (χ0v) is 18.7. The highest BCUT2D eigenvalue weighted by Gasteiger charge is 2.18. The van der Waals surface area contributed by atoms with Crippen molar-refractivity contribution in [1.82, 2.24) is 14.6 Å². The van der Waals surface area contributed by atoms with E-state index in [1.54, 1.807) is 25.7 Å². The van der Waals surface area contributed by atoms with Gasteiger partial charge < -0.3 is 24.8 Å². The first-order valence-corrected chi connectivity index (χ1v) is 10.5. The molecule has 0 spiro atoms. The van der Waals surface area contributed by atoms with Crippen LogP contribution in [0.5, 0.6) is 11.5 Å². The molecule has 0 aliphatic carbocycles. The van der Waals surface area contributed by atoms with Gasteiger partial charge in [0.1, 0.15) is 28.7 Å². The van der Waals surface area contributed by atoms with Crippen LogP contribution in [0.25, 0.3) is 5.65 Å². The average molecular weight is 447 g/mol. The number of hydrogen-bond acceptors (Lipinski definition) is 8. The topological polar surface area (TPSA) is 99.0 Å². The van der Waals surface area contributed by atoms with Crippen LogP contribution in [-0.4, -0.2) is 41.4 Å². The predicted molar refractivity (Wildman–Crippen MR) is 126 cm³/mol. The van der Waals surface area contributed by atoms with Crippen LogP contribution in [0, 0.1) is 0 Å². The highest BCUT2D eigenvalue weighted by molar-refractivity contribution is 5.96. The molecule has 0 radical (unpaired) electrons. The predicted octanol–water partition coefficient (Wildman–Crippen LogP) is 4.28. The Morgan fingerprint density at radius 2 is 1.85 bits per heavy atom. The number of esters is 1. The van der Waals surface area contributed by atoms with E-state index in [4.69, 9.17) is 14.2 Å². The molecule has 0 aliphatic heterocycles. The molecule has 0 atom stereocenters. The quantitative estimate of drug-likeness (QED) is 0.367. The number of nitrogens with zero attached hydrogens (tertiary/aromatic N) is 3. The number of hydrogen-bond donors (Lipinski definition) is 2. The summed E-state index contributed by atoms with van der Waals surface area (Å²) in [6.07, 6.45) is 1.46. The van der Waals surface area contributed by atoms with Crippen molar-refractivity contribution < 1.29 is 19.0 Å². The fraction of sp³-hybridized carbons (Fsp3) is 0.208. The molecule has 0 saturated carbocycles. The van der Waals surface area contributed by atoms with Gasteiger partial charge in [-0.3, -0.25) is 0 Å². The number of rotatable bonds is 9. The summed E-state index contributed by atoms with van der Waals surface area (Å²) in [4.78, 5) is 17.1. The van der Waals surface area contributed by atoms with Crippen LogP contribution in [0.4, 0.5) is 17.3 Å². The first kappa shape index (κ1) is 21.9. The summed E-state index contributed by atoms with van der Waals surface area (Å²) in [6.45, 7) is 2.55. The first-order valence-electron chi connectivity index (χ1n) is 10.5. The zero-order valence-electron chi connectivity index (χ0n) is 18.7. The number of fused-ring (bicyclic) bond motifs is 1. The molecule has 4 rings (SSSR count). The van der Waals surface area contributed by atoms with E-state index in [9.17, 15) is 4.79 Å². The molecule has 0 unspecified atom stereocenters. The molecule has 0 bridgehead atoms. The maximum Gasteiger partial charge on any atom is 0.343 e. The zero-order chi connectivity index (χ0) is 23.2. The second-order valence-electron chi connectivity index (χ2n) is 7.07. The third-order valence-electron chi connectivity index (χ3n) is 4.97. The highest BCUT2D eigenvalue weighted by Crippen LogP contribution is 2.28. The molecule has 170 valence electrons. The van der Waals surface area contributed by atoms with Crippen molar-refractivity contribution in [3.05, 3.63) is 71.9 Å². The van der Waals surface area contributed by atoms with Crippen molar-refractivity contribution in [3.8, 4) is 11.5 Å². The minimum Gasteiger partial charge on any atom is -0.497 e. The number of para-hydroxylation sites is 2. The van der Waals surface area contributed by atoms with E-state index >= 15 is 0 Å². The van der Waals surface area contributed by atoms with Gasteiger partial charge in [0.15, 0.2) is 5.65 Å². The molecule has 2 heterocycles. The minimum atomic E-state index is -0.476. The number of ether oxygens (including phenoxy) is 3. The Balaban J connectivity index is 1.70. The van der Waals surface area contributed by atoms with Crippen molar-refractivity contribution in [2.24, 2.45) is 0 Å². The monoisotopic (exact) mass is 447 g/mol. The molecule has 0 fully saturated rings. The maximum atomic E-state index is 12.5. The SMILES string of the molecule is CCOC(=O)c1cnn2c(NCc3ccc(OC)cc3)cc(Nc3ccccc3OC)nc12. The van der Waals surface area contributed by atoms with Crippen LogP contribution in [0.15, 0.2) is 60.8 Å². The van der Waals surface area contributed by atoms with Crippen molar-refractivity contribution >= 4 is 28.9 Å². The molecule has 4 aromatic rings. The van der Waals surface area contributed by atoms with Gasteiger partial charge in [-0.15, -0.1) is 0 Å². The highest BCUT2D eigenvalue weighted by atomic mass is 16.5. The summed E-state index contributed by atoms with van der Waals surface area (Å²) < 4.78 is 17.4. The van der Waals surface area contributed by atoms with Gasteiger partial charge in [0.2, 0.25) is 0 Å². The van der Waals surface area contributed by atoms with E-state index in [1.807, 2.05) is 54.6 Å². The van der Waals surface area contributed by atoms with Crippen LogP contribution in [-0.2, 0) is 11.3 Å². The standard InChI is InChI=1S/C24H25N5O4/c1-4-33-24(30)18-15-26-29-22(25-14-16-9-11-17(31-2)12-10-16)13-21(28-23(18)29)27-19-7-5-6-8-20(19)32-3/h5-13,15,25H,4,14H2,1-3H3,(H,27,28). The van der Waals surface area contributed by atoms with Gasteiger partial charge in [0.05, 0.1) is 32.7 Å². The molecule has 9 nitrogen and oxygen atoms in total. The number of carbonyl (C=O) groups is 1. The average Bonchev–Trinajstić information content (AvgIpc) is 3.27. The lowest BCUT2D eigenvalue weighted by Crippen LogP contribution is -2.09. The summed E-state index contributed by atoms with van der Waals surface area (Å²) in [6, 6.07) is 17.1. The number of carbonyl (C=O) groups excluding carboxylic acids is 1. The molecule has 9 heteroatoms. The Hall–Kier alpha value is -4.27. The number of benzene rings is 2. The smallest absolute Gasteiger partial charge is 0.343 e. The molecule has 33 heavy (non-hydrogen) atoms. The van der Waals surface area contributed by atoms with E-state index in [-0.39, 0.29) is 12.2 Å². The summed E-state index contributed by atoms with van der Waals surface area (Å²) in [5.74, 6) is 2.17. The normalized spacial score (nSPS) is 10.6. The Kier molecular flexibility index (Phi) is 6.58. The van der Waals surface area contributed by atoms with E-state index in [1.165, 1.54) is 6.20 Å². The van der Waals surface area contributed by atoms with Gasteiger partial charge in [-0.1, -0.05) is 24.3 Å². The largest absolute Gasteiger partial charge is 0.497 e. The molecule has 2 N–H and O–H groups in total. The summed E-state index contributed by atoms with van der Waals surface area (Å²) in [7, 11) is 3.24. The number of nitrogens with one attached hydrogen (secondary N) is 2. The van der Waals surface area contributed by atoms with Gasteiger partial charge >= 0.3 is 5.97 Å². The van der Waals surface area contributed by atoms with Crippen molar-refractivity contribution in [1.29, 1.82) is 0 Å². The summed E-state index contributed by atoms with van der Waals surface area (Å²) in [5.41, 5.74) is 2.46. The minimum absolute atomic E-state index is 0.262. The fourth-order valence-electron chi connectivity index (χ4n) is 3.33. The molecule has 2 aromatic carbocycles. The third kappa shape index (κ3) is 4.82. The molecule has 0 aliphatic rings. The van der Waals surface area contributed by atoms with Gasteiger partial charge in [-0.05, 0) is 36.8 Å². The van der Waals surface area contributed by atoms with Crippen molar-refractivity contribution in [2.75, 3.05) is 31.5 Å². The van der Waals surface area contributed by atoms with E-state index in [0.29, 0.717) is 29.6 Å². The Labute approximate surface area is 191 Å². The van der Waals surface area contributed by atoms with Gasteiger partial charge in [0, 0.05) is 12.6 Å². The summed E-state index contributed by atoms with van der Waals surface area (Å²) in [5, 5.41) is 11.0. The molecule has 0 saturated heterocycles. The second-order valence-corrected chi connectivity index (χ2v) is 7.07. The van der Waals surface area contributed by atoms with Gasteiger partial charge in [0.25, 0.3) is 0 Å². The van der Waals surface area contributed by atoms with Crippen LogP contribution in [0.1, 0.15) is 22.8 Å². The number of aromatic nitrogens is 3. The Morgan fingerprint density at radius 1 is 1.06 bits per heavy atom. The van der Waals surface area contributed by atoms with Crippen molar-refractivity contribution in [2.45, 2.75) is 13.5 Å². The maximum absolute atomic E-state index is 12.5. The van der Waals surface area contributed by atoms with Gasteiger partial charge in [-0.2, -0.15) is 9.61 Å². The van der Waals surface area contributed by atoms with Crippen LogP contribution >= 0.6 is 0 Å². The Morgan fingerprint density at radius 3 is 2.58 bits per heavy atom. The Bertz CT molecular complexity index is 1250. The summed E-state index contributed by atoms with van der Waals surface area (Å²) >= 11 is 0. The lowest BCUT2D eigenvalue weighted by atomic mass is 10.2. The number of anilines is 3. The van der Waals surface area contributed by atoms with Crippen LogP contribution in [0.2, 0.25) is 0 Å².